The molecule has 1 aromatic heterocycles. The molecule has 0 radical (unpaired) electrons. The van der Waals surface area contributed by atoms with Crippen LogP contribution in [0.5, 0.6) is 5.75 Å². The second-order valence-corrected chi connectivity index (χ2v) is 4.50. The highest BCUT2D eigenvalue weighted by molar-refractivity contribution is 6.34. The van der Waals surface area contributed by atoms with Gasteiger partial charge in [0.1, 0.15) is 10.8 Å². The third-order valence-electron chi connectivity index (χ3n) is 1.99. The molecule has 2 N–H and O–H groups in total. The molecular formula is C10H8Cl3N3O. The van der Waals surface area contributed by atoms with Gasteiger partial charge in [-0.1, -0.05) is 34.8 Å². The molecule has 2 aromatic rings. The number of ether oxygens (including phenoxy) is 1. The zero-order valence-corrected chi connectivity index (χ0v) is 10.8. The zero-order chi connectivity index (χ0) is 12.4. The fraction of sp³-hybridized carbons (Fsp3) is 0.100. The zero-order valence-electron chi connectivity index (χ0n) is 8.53. The van der Waals surface area contributed by atoms with Crippen molar-refractivity contribution in [1.82, 2.24) is 9.78 Å². The van der Waals surface area contributed by atoms with E-state index >= 15 is 0 Å². The van der Waals surface area contributed by atoms with E-state index in [0.717, 1.165) is 0 Å². The Morgan fingerprint density at radius 1 is 1.24 bits per heavy atom. The molecular weight excluding hydrogens is 284 g/mol. The van der Waals surface area contributed by atoms with Gasteiger partial charge in [-0.2, -0.15) is 5.10 Å². The van der Waals surface area contributed by atoms with Crippen molar-refractivity contribution >= 4 is 40.6 Å². The van der Waals surface area contributed by atoms with Gasteiger partial charge in [-0.25, -0.2) is 4.68 Å². The summed E-state index contributed by atoms with van der Waals surface area (Å²) in [7, 11) is 0. The van der Waals surface area contributed by atoms with Crippen LogP contribution in [-0.4, -0.2) is 9.78 Å². The first-order valence-corrected chi connectivity index (χ1v) is 5.76. The van der Waals surface area contributed by atoms with Crippen molar-refractivity contribution in [1.29, 1.82) is 0 Å². The number of halogens is 3. The second kappa shape index (κ2) is 5.04. The SMILES string of the molecule is Nc1nn(COc2cc(Cl)ccc2Cl)cc1Cl. The molecule has 0 saturated carbocycles. The Labute approximate surface area is 113 Å². The molecule has 1 heterocycles. The van der Waals surface area contributed by atoms with Gasteiger partial charge in [0.25, 0.3) is 0 Å². The molecule has 2 rings (SSSR count). The van der Waals surface area contributed by atoms with Crippen molar-refractivity contribution in [2.75, 3.05) is 5.73 Å². The van der Waals surface area contributed by atoms with E-state index in [4.69, 9.17) is 45.3 Å². The first-order valence-electron chi connectivity index (χ1n) is 4.62. The quantitative estimate of drug-likeness (QED) is 0.942. The first-order chi connectivity index (χ1) is 8.06. The molecule has 0 spiro atoms. The number of hydrogen-bond donors (Lipinski definition) is 1. The van der Waals surface area contributed by atoms with Crippen LogP contribution in [0.3, 0.4) is 0 Å². The largest absolute Gasteiger partial charge is 0.470 e. The normalized spacial score (nSPS) is 10.5. The van der Waals surface area contributed by atoms with Crippen molar-refractivity contribution < 1.29 is 4.74 Å². The molecule has 17 heavy (non-hydrogen) atoms. The van der Waals surface area contributed by atoms with E-state index in [0.29, 0.717) is 20.8 Å². The molecule has 0 unspecified atom stereocenters. The Balaban J connectivity index is 2.09. The summed E-state index contributed by atoms with van der Waals surface area (Å²) in [5, 5.41) is 5.34. The number of nitrogens with zero attached hydrogens (tertiary/aromatic N) is 2. The average Bonchev–Trinajstić information content (AvgIpc) is 2.60. The number of anilines is 1. The van der Waals surface area contributed by atoms with Crippen LogP contribution in [0.15, 0.2) is 24.4 Å². The van der Waals surface area contributed by atoms with Crippen LogP contribution in [0, 0.1) is 0 Å². The average molecular weight is 293 g/mol. The van der Waals surface area contributed by atoms with Crippen molar-refractivity contribution in [2.45, 2.75) is 6.73 Å². The van der Waals surface area contributed by atoms with E-state index in [2.05, 4.69) is 5.10 Å². The molecule has 0 fully saturated rings. The number of nitrogens with two attached hydrogens (primary N) is 1. The van der Waals surface area contributed by atoms with Gasteiger partial charge in [-0.3, -0.25) is 0 Å². The molecule has 4 nitrogen and oxygen atoms in total. The van der Waals surface area contributed by atoms with E-state index in [1.807, 2.05) is 0 Å². The van der Waals surface area contributed by atoms with E-state index in [-0.39, 0.29) is 12.5 Å². The first kappa shape index (κ1) is 12.4. The van der Waals surface area contributed by atoms with Crippen LogP contribution in [0.2, 0.25) is 15.1 Å². The fourth-order valence-electron chi connectivity index (χ4n) is 1.20. The topological polar surface area (TPSA) is 53.1 Å². The summed E-state index contributed by atoms with van der Waals surface area (Å²) in [5.41, 5.74) is 5.50. The van der Waals surface area contributed by atoms with Gasteiger partial charge in [-0.15, -0.1) is 0 Å². The summed E-state index contributed by atoms with van der Waals surface area (Å²) in [4.78, 5) is 0. The van der Waals surface area contributed by atoms with Crippen molar-refractivity contribution in [3.8, 4) is 5.75 Å². The van der Waals surface area contributed by atoms with E-state index in [1.165, 1.54) is 4.68 Å². The van der Waals surface area contributed by atoms with Crippen LogP contribution in [0.1, 0.15) is 0 Å². The van der Waals surface area contributed by atoms with Gasteiger partial charge in [0.2, 0.25) is 0 Å². The van der Waals surface area contributed by atoms with Crippen LogP contribution < -0.4 is 10.5 Å². The van der Waals surface area contributed by atoms with Crippen LogP contribution in [0.25, 0.3) is 0 Å². The maximum atomic E-state index is 5.93. The summed E-state index contributed by atoms with van der Waals surface area (Å²) in [6.45, 7) is 0.150. The minimum Gasteiger partial charge on any atom is -0.470 e. The molecule has 90 valence electrons. The van der Waals surface area contributed by atoms with Crippen molar-refractivity contribution in [2.24, 2.45) is 0 Å². The van der Waals surface area contributed by atoms with Gasteiger partial charge in [-0.05, 0) is 12.1 Å². The number of rotatable bonds is 3. The minimum atomic E-state index is 0.150. The molecule has 0 aliphatic rings. The predicted molar refractivity (Wildman–Crippen MR) is 68.7 cm³/mol. The van der Waals surface area contributed by atoms with Gasteiger partial charge >= 0.3 is 0 Å². The lowest BCUT2D eigenvalue weighted by molar-refractivity contribution is 0.221. The summed E-state index contributed by atoms with van der Waals surface area (Å²) in [5.74, 6) is 0.733. The maximum absolute atomic E-state index is 5.93. The standard InChI is InChI=1S/C10H8Cl3N3O/c11-6-1-2-7(12)9(3-6)17-5-16-4-8(13)10(14)15-16/h1-4H,5H2,(H2,14,15). The highest BCUT2D eigenvalue weighted by atomic mass is 35.5. The Morgan fingerprint density at radius 2 is 2.00 bits per heavy atom. The summed E-state index contributed by atoms with van der Waals surface area (Å²) >= 11 is 17.5. The molecule has 0 amide bonds. The highest BCUT2D eigenvalue weighted by Crippen LogP contribution is 2.28. The Bertz CT molecular complexity index is 522. The van der Waals surface area contributed by atoms with Crippen molar-refractivity contribution in [3.05, 3.63) is 39.5 Å². The molecule has 0 aliphatic heterocycles. The Kier molecular flexibility index (Phi) is 3.66. The summed E-state index contributed by atoms with van der Waals surface area (Å²) < 4.78 is 6.91. The van der Waals surface area contributed by atoms with E-state index in [9.17, 15) is 0 Å². The number of hydrogen-bond acceptors (Lipinski definition) is 3. The molecule has 0 bridgehead atoms. The monoisotopic (exact) mass is 291 g/mol. The summed E-state index contributed by atoms with van der Waals surface area (Å²) in [6, 6.07) is 4.96. The van der Waals surface area contributed by atoms with Gasteiger partial charge in [0.15, 0.2) is 12.5 Å². The molecule has 1 aromatic carbocycles. The van der Waals surface area contributed by atoms with Gasteiger partial charge in [0, 0.05) is 17.3 Å². The van der Waals surface area contributed by atoms with Gasteiger partial charge < -0.3 is 10.5 Å². The molecule has 7 heteroatoms. The van der Waals surface area contributed by atoms with Crippen LogP contribution >= 0.6 is 34.8 Å². The number of aromatic nitrogens is 2. The number of benzene rings is 1. The van der Waals surface area contributed by atoms with Gasteiger partial charge in [0.05, 0.1) is 5.02 Å². The van der Waals surface area contributed by atoms with E-state index in [1.54, 1.807) is 24.4 Å². The fourth-order valence-corrected chi connectivity index (χ4v) is 1.69. The predicted octanol–water partition coefficient (Wildman–Crippen LogP) is 3.46. The Hall–Kier alpha value is -1.10. The van der Waals surface area contributed by atoms with Crippen LogP contribution in [-0.2, 0) is 6.73 Å². The third-order valence-corrected chi connectivity index (χ3v) is 2.83. The van der Waals surface area contributed by atoms with Crippen LogP contribution in [0.4, 0.5) is 5.82 Å². The van der Waals surface area contributed by atoms with E-state index < -0.39 is 0 Å². The molecule has 0 saturated heterocycles. The third kappa shape index (κ3) is 2.97. The second-order valence-electron chi connectivity index (χ2n) is 3.25. The van der Waals surface area contributed by atoms with Crippen molar-refractivity contribution in [3.63, 3.8) is 0 Å². The number of nitrogen functional groups attached to an aromatic ring is 1. The smallest absolute Gasteiger partial charge is 0.181 e. The maximum Gasteiger partial charge on any atom is 0.181 e. The Morgan fingerprint density at radius 3 is 2.65 bits per heavy atom. The molecule has 0 atom stereocenters. The summed E-state index contributed by atoms with van der Waals surface area (Å²) in [6.07, 6.45) is 1.56. The lowest BCUT2D eigenvalue weighted by Crippen LogP contribution is -2.06. The molecule has 0 aliphatic carbocycles. The minimum absolute atomic E-state index is 0.150. The lowest BCUT2D eigenvalue weighted by Gasteiger charge is -2.07. The highest BCUT2D eigenvalue weighted by Gasteiger charge is 2.05. The lowest BCUT2D eigenvalue weighted by atomic mass is 10.3.